The Bertz CT molecular complexity index is 1480. The van der Waals surface area contributed by atoms with Crippen LogP contribution in [0.3, 0.4) is 0 Å². The fourth-order valence-corrected chi connectivity index (χ4v) is 4.94. The number of anilines is 1. The van der Waals surface area contributed by atoms with Crippen molar-refractivity contribution >= 4 is 22.6 Å². The van der Waals surface area contributed by atoms with E-state index in [4.69, 9.17) is 14.7 Å². The Kier molecular flexibility index (Phi) is 7.33. The minimum absolute atomic E-state index is 0.0451. The highest BCUT2D eigenvalue weighted by molar-refractivity contribution is 5.94. The smallest absolute Gasteiger partial charge is 0.254 e. The Hall–Kier alpha value is -3.91. The summed E-state index contributed by atoms with van der Waals surface area (Å²) < 4.78 is 20.3. The lowest BCUT2D eigenvalue weighted by Gasteiger charge is -2.36. The lowest BCUT2D eigenvalue weighted by atomic mass is 10.0. The number of halogens is 1. The third-order valence-corrected chi connectivity index (χ3v) is 6.85. The number of nitrogens with zero attached hydrogens (tertiary/aromatic N) is 4. The van der Waals surface area contributed by atoms with E-state index in [1.54, 1.807) is 12.3 Å². The van der Waals surface area contributed by atoms with E-state index in [0.29, 0.717) is 5.69 Å². The number of rotatable bonds is 6. The van der Waals surface area contributed by atoms with Crippen LogP contribution in [0.1, 0.15) is 48.0 Å². The summed E-state index contributed by atoms with van der Waals surface area (Å²) in [6, 6.07) is 14.8. The Morgan fingerprint density at radius 2 is 1.84 bits per heavy atom. The molecule has 1 N–H and O–H groups in total. The summed E-state index contributed by atoms with van der Waals surface area (Å²) >= 11 is 0. The molecule has 1 saturated heterocycles. The minimum Gasteiger partial charge on any atom is -0.372 e. The van der Waals surface area contributed by atoms with E-state index >= 15 is 0 Å². The second-order valence-corrected chi connectivity index (χ2v) is 9.90. The van der Waals surface area contributed by atoms with Crippen molar-refractivity contribution in [3.05, 3.63) is 82.9 Å². The maximum Gasteiger partial charge on any atom is 0.254 e. The molecular weight excluding hydrogens is 481 g/mol. The van der Waals surface area contributed by atoms with Gasteiger partial charge in [-0.2, -0.15) is 0 Å². The number of hydrogen-bond acceptors (Lipinski definition) is 6. The Morgan fingerprint density at radius 1 is 1.08 bits per heavy atom. The summed E-state index contributed by atoms with van der Waals surface area (Å²) in [5.41, 5.74) is 4.76. The minimum atomic E-state index is -0.522. The first-order chi connectivity index (χ1) is 18.3. The van der Waals surface area contributed by atoms with E-state index in [-0.39, 0.29) is 24.3 Å². The van der Waals surface area contributed by atoms with Crippen molar-refractivity contribution in [3.63, 3.8) is 0 Å². The van der Waals surface area contributed by atoms with E-state index < -0.39 is 11.7 Å². The number of amides is 1. The van der Waals surface area contributed by atoms with Crippen LogP contribution in [0, 0.1) is 12.7 Å². The topological polar surface area (TPSA) is 80.2 Å². The molecule has 3 aromatic heterocycles. The monoisotopic (exact) mass is 513 g/mol. The molecule has 2 atom stereocenters. The summed E-state index contributed by atoms with van der Waals surface area (Å²) in [4.78, 5) is 29.1. The molecule has 1 aliphatic heterocycles. The summed E-state index contributed by atoms with van der Waals surface area (Å²) in [7, 11) is 0. The second-order valence-electron chi connectivity index (χ2n) is 9.90. The van der Waals surface area contributed by atoms with Crippen molar-refractivity contribution in [1.29, 1.82) is 0 Å². The third kappa shape index (κ3) is 5.50. The number of pyridine rings is 3. The summed E-state index contributed by atoms with van der Waals surface area (Å²) in [5, 5.41) is 3.67. The van der Waals surface area contributed by atoms with E-state index in [0.717, 1.165) is 58.7 Å². The second kappa shape index (κ2) is 10.8. The normalized spacial score (nSPS) is 17.6. The maximum atomic E-state index is 14.4. The molecule has 1 amide bonds. The van der Waals surface area contributed by atoms with Gasteiger partial charge in [-0.15, -0.1) is 0 Å². The van der Waals surface area contributed by atoms with E-state index in [2.05, 4.69) is 29.0 Å². The molecule has 0 aliphatic carbocycles. The molecule has 1 aromatic carbocycles. The van der Waals surface area contributed by atoms with Crippen molar-refractivity contribution < 1.29 is 13.9 Å². The van der Waals surface area contributed by atoms with Crippen LogP contribution in [0.4, 0.5) is 10.2 Å². The van der Waals surface area contributed by atoms with Crippen LogP contribution in [0.15, 0.2) is 54.7 Å². The van der Waals surface area contributed by atoms with Crippen LogP contribution in [0.5, 0.6) is 0 Å². The fraction of sp³-hybridized carbons (Fsp3) is 0.333. The number of carbonyl (C=O) groups is 1. The van der Waals surface area contributed by atoms with Gasteiger partial charge in [-0.05, 0) is 80.8 Å². The van der Waals surface area contributed by atoms with Crippen molar-refractivity contribution in [2.45, 2.75) is 52.9 Å². The van der Waals surface area contributed by atoms with Crippen LogP contribution in [0.2, 0.25) is 0 Å². The lowest BCUT2D eigenvalue weighted by molar-refractivity contribution is -0.00545. The zero-order valence-electron chi connectivity index (χ0n) is 22.2. The Morgan fingerprint density at radius 3 is 2.61 bits per heavy atom. The number of carbonyl (C=O) groups excluding carboxylic acids is 1. The summed E-state index contributed by atoms with van der Waals surface area (Å²) in [5.74, 6) is -0.0848. The first-order valence-electron chi connectivity index (χ1n) is 13.0. The molecule has 1 fully saturated rings. The standard InChI is InChI=1S/C30H32FN5O2/c1-5-21-12-24(25(31)11-18(21)2)30(37)33-15-23-13-28-22(14-32-23)9-10-27(34-28)26-7-6-8-29(35-26)36-16-19(3)38-20(4)17-36/h6-14,19-20H,5,15-17H2,1-4H3,(H,33,37). The highest BCUT2D eigenvalue weighted by Crippen LogP contribution is 2.24. The van der Waals surface area contributed by atoms with Gasteiger partial charge in [0.25, 0.3) is 5.91 Å². The van der Waals surface area contributed by atoms with Gasteiger partial charge in [0.05, 0.1) is 46.9 Å². The molecule has 38 heavy (non-hydrogen) atoms. The number of nitrogens with one attached hydrogen (secondary N) is 1. The van der Waals surface area contributed by atoms with E-state index in [9.17, 15) is 9.18 Å². The molecule has 0 bridgehead atoms. The highest BCUT2D eigenvalue weighted by Gasteiger charge is 2.23. The van der Waals surface area contributed by atoms with Crippen LogP contribution < -0.4 is 10.2 Å². The van der Waals surface area contributed by atoms with Crippen molar-refractivity contribution in [1.82, 2.24) is 20.3 Å². The molecular formula is C30H32FN5O2. The molecule has 4 aromatic rings. The number of morpholine rings is 1. The maximum absolute atomic E-state index is 14.4. The van der Waals surface area contributed by atoms with E-state index in [1.165, 1.54) is 6.07 Å². The molecule has 0 saturated carbocycles. The Balaban J connectivity index is 1.35. The third-order valence-electron chi connectivity index (χ3n) is 6.85. The number of hydrogen-bond donors (Lipinski definition) is 1. The molecule has 0 spiro atoms. The largest absolute Gasteiger partial charge is 0.372 e. The van der Waals surface area contributed by atoms with Gasteiger partial charge in [0.15, 0.2) is 0 Å². The van der Waals surface area contributed by atoms with Crippen LogP contribution in [-0.4, -0.2) is 46.2 Å². The van der Waals surface area contributed by atoms with Gasteiger partial charge in [-0.25, -0.2) is 14.4 Å². The zero-order chi connectivity index (χ0) is 26.8. The van der Waals surface area contributed by atoms with Crippen molar-refractivity contribution in [2.24, 2.45) is 0 Å². The molecule has 5 rings (SSSR count). The van der Waals surface area contributed by atoms with Gasteiger partial charge in [-0.3, -0.25) is 9.78 Å². The average molecular weight is 514 g/mol. The zero-order valence-corrected chi connectivity index (χ0v) is 22.2. The molecule has 2 unspecified atom stereocenters. The highest BCUT2D eigenvalue weighted by atomic mass is 19.1. The van der Waals surface area contributed by atoms with Gasteiger partial charge in [-0.1, -0.05) is 13.0 Å². The number of aromatic nitrogens is 3. The molecule has 0 radical (unpaired) electrons. The predicted octanol–water partition coefficient (Wildman–Crippen LogP) is 5.25. The molecule has 4 heterocycles. The molecule has 8 heteroatoms. The Labute approximate surface area is 222 Å². The molecule has 1 aliphatic rings. The number of benzene rings is 1. The van der Waals surface area contributed by atoms with Gasteiger partial charge in [0, 0.05) is 24.7 Å². The summed E-state index contributed by atoms with van der Waals surface area (Å²) in [6.07, 6.45) is 2.75. The van der Waals surface area contributed by atoms with Crippen LogP contribution in [-0.2, 0) is 17.7 Å². The van der Waals surface area contributed by atoms with Crippen LogP contribution >= 0.6 is 0 Å². The fourth-order valence-electron chi connectivity index (χ4n) is 4.94. The number of ether oxygens (including phenoxy) is 1. The SMILES string of the molecule is CCc1cc(C(=O)NCc2cc3nc(-c4cccc(N5CC(C)OC(C)C5)n4)ccc3cn2)c(F)cc1C. The van der Waals surface area contributed by atoms with Crippen LogP contribution in [0.25, 0.3) is 22.3 Å². The quantitative estimate of drug-likeness (QED) is 0.380. The number of aryl methyl sites for hydroxylation is 2. The predicted molar refractivity (Wildman–Crippen MR) is 147 cm³/mol. The van der Waals surface area contributed by atoms with Gasteiger partial charge >= 0.3 is 0 Å². The van der Waals surface area contributed by atoms with Gasteiger partial charge < -0.3 is 15.0 Å². The molecule has 7 nitrogen and oxygen atoms in total. The van der Waals surface area contributed by atoms with Gasteiger partial charge in [0.1, 0.15) is 11.6 Å². The first-order valence-corrected chi connectivity index (χ1v) is 13.0. The van der Waals surface area contributed by atoms with E-state index in [1.807, 2.05) is 50.2 Å². The van der Waals surface area contributed by atoms with Crippen molar-refractivity contribution in [2.75, 3.05) is 18.0 Å². The van der Waals surface area contributed by atoms with Gasteiger partial charge in [0.2, 0.25) is 0 Å². The molecule has 196 valence electrons. The van der Waals surface area contributed by atoms with Crippen molar-refractivity contribution in [3.8, 4) is 11.4 Å². The lowest BCUT2D eigenvalue weighted by Crippen LogP contribution is -2.45. The summed E-state index contributed by atoms with van der Waals surface area (Å²) in [6.45, 7) is 9.72. The number of fused-ring (bicyclic) bond motifs is 1. The average Bonchev–Trinajstić information content (AvgIpc) is 2.91. The first kappa shape index (κ1) is 25.7.